The molecule has 3 rings (SSSR count). The van der Waals surface area contributed by atoms with Crippen molar-refractivity contribution in [2.24, 2.45) is 0 Å². The summed E-state index contributed by atoms with van der Waals surface area (Å²) in [5, 5.41) is 3.17. The van der Waals surface area contributed by atoms with Crippen LogP contribution in [0.5, 0.6) is 0 Å². The van der Waals surface area contributed by atoms with E-state index in [1.165, 1.54) is 6.07 Å². The minimum Gasteiger partial charge on any atom is -0.338 e. The zero-order chi connectivity index (χ0) is 14.7. The Balaban J connectivity index is 1.97. The monoisotopic (exact) mass is 300 g/mol. The molecule has 0 fully saturated rings. The van der Waals surface area contributed by atoms with Crippen molar-refractivity contribution in [3.8, 4) is 11.4 Å². The maximum absolute atomic E-state index is 13.7. The number of rotatable bonds is 3. The van der Waals surface area contributed by atoms with Crippen LogP contribution in [0.3, 0.4) is 0 Å². The molecular formula is C15H10ClFN4. The van der Waals surface area contributed by atoms with E-state index >= 15 is 0 Å². The third-order valence-electron chi connectivity index (χ3n) is 2.77. The van der Waals surface area contributed by atoms with Crippen molar-refractivity contribution in [3.63, 3.8) is 0 Å². The molecule has 0 aliphatic carbocycles. The van der Waals surface area contributed by atoms with Crippen molar-refractivity contribution in [2.45, 2.75) is 0 Å². The molecule has 2 aromatic heterocycles. The minimum atomic E-state index is -0.363. The summed E-state index contributed by atoms with van der Waals surface area (Å²) in [5.74, 6) is 0.508. The van der Waals surface area contributed by atoms with Gasteiger partial charge >= 0.3 is 0 Å². The molecule has 0 aliphatic rings. The van der Waals surface area contributed by atoms with Crippen molar-refractivity contribution in [2.75, 3.05) is 5.32 Å². The highest BCUT2D eigenvalue weighted by atomic mass is 35.5. The van der Waals surface area contributed by atoms with Gasteiger partial charge in [0, 0.05) is 24.0 Å². The van der Waals surface area contributed by atoms with Gasteiger partial charge in [0.05, 0.1) is 5.69 Å². The fourth-order valence-corrected chi connectivity index (χ4v) is 2.00. The maximum atomic E-state index is 13.7. The molecule has 0 spiro atoms. The summed E-state index contributed by atoms with van der Waals surface area (Å²) in [6.45, 7) is 0. The van der Waals surface area contributed by atoms with E-state index in [2.05, 4.69) is 20.3 Å². The van der Waals surface area contributed by atoms with E-state index in [1.807, 2.05) is 0 Å². The molecule has 2 heterocycles. The lowest BCUT2D eigenvalue weighted by atomic mass is 10.2. The molecule has 1 N–H and O–H groups in total. The maximum Gasteiger partial charge on any atom is 0.163 e. The normalized spacial score (nSPS) is 10.4. The van der Waals surface area contributed by atoms with Gasteiger partial charge in [0.1, 0.15) is 16.8 Å². The highest BCUT2D eigenvalue weighted by Gasteiger charge is 2.07. The Hall–Kier alpha value is -2.53. The molecule has 4 nitrogen and oxygen atoms in total. The standard InChI is InChI=1S/C15H10ClFN4/c16-13-9-14(19-12-4-2-1-3-11(12)17)21-15(20-13)10-5-7-18-8-6-10/h1-9H,(H,19,20,21). The summed E-state index contributed by atoms with van der Waals surface area (Å²) in [7, 11) is 0. The van der Waals surface area contributed by atoms with Gasteiger partial charge < -0.3 is 5.32 Å². The lowest BCUT2D eigenvalue weighted by molar-refractivity contribution is 0.632. The average Bonchev–Trinajstić information content (AvgIpc) is 2.50. The molecule has 0 unspecified atom stereocenters. The molecule has 0 bridgehead atoms. The number of hydrogen-bond donors (Lipinski definition) is 1. The molecule has 0 radical (unpaired) electrons. The summed E-state index contributed by atoms with van der Waals surface area (Å²) in [5.41, 5.74) is 1.11. The number of anilines is 2. The van der Waals surface area contributed by atoms with E-state index in [9.17, 15) is 4.39 Å². The van der Waals surface area contributed by atoms with Crippen LogP contribution in [0.4, 0.5) is 15.9 Å². The van der Waals surface area contributed by atoms with Crippen molar-refractivity contribution in [1.82, 2.24) is 15.0 Å². The Morgan fingerprint density at radius 2 is 1.76 bits per heavy atom. The number of nitrogens with zero attached hydrogens (tertiary/aromatic N) is 3. The molecule has 0 saturated heterocycles. The number of pyridine rings is 1. The summed E-state index contributed by atoms with van der Waals surface area (Å²) in [4.78, 5) is 12.4. The average molecular weight is 301 g/mol. The van der Waals surface area contributed by atoms with Crippen molar-refractivity contribution in [1.29, 1.82) is 0 Å². The smallest absolute Gasteiger partial charge is 0.163 e. The van der Waals surface area contributed by atoms with Crippen LogP contribution in [0.2, 0.25) is 5.15 Å². The van der Waals surface area contributed by atoms with E-state index in [-0.39, 0.29) is 11.0 Å². The summed E-state index contributed by atoms with van der Waals surface area (Å²) >= 11 is 6.01. The third-order valence-corrected chi connectivity index (χ3v) is 2.96. The Kier molecular flexibility index (Phi) is 3.75. The molecule has 1 aromatic carbocycles. The van der Waals surface area contributed by atoms with Crippen LogP contribution < -0.4 is 5.32 Å². The molecule has 6 heteroatoms. The second kappa shape index (κ2) is 5.85. The van der Waals surface area contributed by atoms with Crippen LogP contribution in [-0.4, -0.2) is 15.0 Å². The van der Waals surface area contributed by atoms with E-state index in [4.69, 9.17) is 11.6 Å². The second-order valence-electron chi connectivity index (χ2n) is 4.24. The minimum absolute atomic E-state index is 0.274. The predicted octanol–water partition coefficient (Wildman–Crippen LogP) is 4.07. The van der Waals surface area contributed by atoms with Gasteiger partial charge in [0.25, 0.3) is 0 Å². The van der Waals surface area contributed by atoms with Gasteiger partial charge in [-0.25, -0.2) is 14.4 Å². The first-order valence-electron chi connectivity index (χ1n) is 6.19. The van der Waals surface area contributed by atoms with E-state index < -0.39 is 0 Å². The summed E-state index contributed by atoms with van der Waals surface area (Å²) < 4.78 is 13.7. The number of aromatic nitrogens is 3. The quantitative estimate of drug-likeness (QED) is 0.741. The number of hydrogen-bond acceptors (Lipinski definition) is 4. The topological polar surface area (TPSA) is 50.7 Å². The number of halogens is 2. The van der Waals surface area contributed by atoms with Crippen LogP contribution in [-0.2, 0) is 0 Å². The van der Waals surface area contributed by atoms with Gasteiger partial charge in [-0.3, -0.25) is 4.98 Å². The Labute approximate surface area is 125 Å². The first-order valence-corrected chi connectivity index (χ1v) is 6.57. The van der Waals surface area contributed by atoms with Gasteiger partial charge in [-0.05, 0) is 24.3 Å². The largest absolute Gasteiger partial charge is 0.338 e. The second-order valence-corrected chi connectivity index (χ2v) is 4.63. The van der Waals surface area contributed by atoms with E-state index in [0.29, 0.717) is 17.3 Å². The molecule has 0 amide bonds. The first kappa shape index (κ1) is 13.5. The van der Waals surface area contributed by atoms with Gasteiger partial charge in [0.2, 0.25) is 0 Å². The zero-order valence-electron chi connectivity index (χ0n) is 10.8. The highest BCUT2D eigenvalue weighted by molar-refractivity contribution is 6.29. The molecule has 0 atom stereocenters. The molecule has 3 aromatic rings. The number of para-hydroxylation sites is 1. The molecule has 0 aliphatic heterocycles. The Morgan fingerprint density at radius 1 is 1.00 bits per heavy atom. The van der Waals surface area contributed by atoms with Gasteiger partial charge in [-0.2, -0.15) is 0 Å². The first-order chi connectivity index (χ1) is 10.2. The zero-order valence-corrected chi connectivity index (χ0v) is 11.5. The predicted molar refractivity (Wildman–Crippen MR) is 80.0 cm³/mol. The fourth-order valence-electron chi connectivity index (χ4n) is 1.81. The van der Waals surface area contributed by atoms with Crippen LogP contribution in [0.25, 0.3) is 11.4 Å². The molecule has 0 saturated carbocycles. The van der Waals surface area contributed by atoms with Crippen LogP contribution >= 0.6 is 11.6 Å². The SMILES string of the molecule is Fc1ccccc1Nc1cc(Cl)nc(-c2ccncc2)n1. The molecule has 104 valence electrons. The third kappa shape index (κ3) is 3.14. The van der Waals surface area contributed by atoms with Crippen LogP contribution in [0.1, 0.15) is 0 Å². The summed E-state index contributed by atoms with van der Waals surface area (Å²) in [6.07, 6.45) is 3.28. The summed E-state index contributed by atoms with van der Waals surface area (Å²) in [6, 6.07) is 11.4. The number of nitrogens with one attached hydrogen (secondary N) is 1. The Morgan fingerprint density at radius 3 is 2.52 bits per heavy atom. The lowest BCUT2D eigenvalue weighted by Gasteiger charge is -2.08. The van der Waals surface area contributed by atoms with Crippen LogP contribution in [0, 0.1) is 5.82 Å². The van der Waals surface area contributed by atoms with E-state index in [0.717, 1.165) is 5.56 Å². The molecule has 21 heavy (non-hydrogen) atoms. The van der Waals surface area contributed by atoms with E-state index in [1.54, 1.807) is 48.8 Å². The lowest BCUT2D eigenvalue weighted by Crippen LogP contribution is -1.99. The van der Waals surface area contributed by atoms with Gasteiger partial charge in [-0.15, -0.1) is 0 Å². The molecular weight excluding hydrogens is 291 g/mol. The number of benzene rings is 1. The highest BCUT2D eigenvalue weighted by Crippen LogP contribution is 2.23. The Bertz CT molecular complexity index is 765. The van der Waals surface area contributed by atoms with Gasteiger partial charge in [-0.1, -0.05) is 23.7 Å². The van der Waals surface area contributed by atoms with Crippen molar-refractivity contribution < 1.29 is 4.39 Å². The van der Waals surface area contributed by atoms with Crippen molar-refractivity contribution in [3.05, 3.63) is 65.8 Å². The fraction of sp³-hybridized carbons (Fsp3) is 0. The van der Waals surface area contributed by atoms with Crippen LogP contribution in [0.15, 0.2) is 54.9 Å². The van der Waals surface area contributed by atoms with Gasteiger partial charge in [0.15, 0.2) is 5.82 Å². The van der Waals surface area contributed by atoms with Crippen molar-refractivity contribution >= 4 is 23.1 Å².